The molecule has 12 heavy (non-hydrogen) atoms. The molecule has 0 heterocycles. The first-order chi connectivity index (χ1) is 5.75. The number of rotatable bonds is 2. The molecule has 64 valence electrons. The van der Waals surface area contributed by atoms with Gasteiger partial charge in [0.15, 0.2) is 0 Å². The van der Waals surface area contributed by atoms with Gasteiger partial charge >= 0.3 is 0 Å². The Hall–Kier alpha value is -1.09. The van der Waals surface area contributed by atoms with Crippen LogP contribution < -0.4 is 10.5 Å². The van der Waals surface area contributed by atoms with E-state index in [9.17, 15) is 4.39 Å². The zero-order valence-electron chi connectivity index (χ0n) is 6.53. The van der Waals surface area contributed by atoms with Crippen LogP contribution >= 0.6 is 0 Å². The van der Waals surface area contributed by atoms with Crippen LogP contribution in [0.4, 0.5) is 4.39 Å². The standard InChI is InChI=1S/C9H10FNO/c10-6-1-3-7(4-2-6)12-9-5-8(9)11/h1-4,8-9H,5,11H2. The van der Waals surface area contributed by atoms with E-state index < -0.39 is 0 Å². The minimum absolute atomic E-state index is 0.135. The molecular weight excluding hydrogens is 157 g/mol. The van der Waals surface area contributed by atoms with Crippen molar-refractivity contribution in [3.05, 3.63) is 30.1 Å². The Kier molecular flexibility index (Phi) is 1.73. The van der Waals surface area contributed by atoms with Crippen LogP contribution in [0.25, 0.3) is 0 Å². The van der Waals surface area contributed by atoms with Crippen molar-refractivity contribution in [1.29, 1.82) is 0 Å². The first-order valence-corrected chi connectivity index (χ1v) is 3.93. The number of hydrogen-bond donors (Lipinski definition) is 1. The van der Waals surface area contributed by atoms with E-state index in [1.165, 1.54) is 12.1 Å². The Balaban J connectivity index is 2.00. The van der Waals surface area contributed by atoms with Gasteiger partial charge < -0.3 is 10.5 Å². The Morgan fingerprint density at radius 1 is 1.33 bits per heavy atom. The summed E-state index contributed by atoms with van der Waals surface area (Å²) in [5, 5.41) is 0. The van der Waals surface area contributed by atoms with Gasteiger partial charge in [-0.3, -0.25) is 0 Å². The molecule has 2 atom stereocenters. The summed E-state index contributed by atoms with van der Waals surface area (Å²) >= 11 is 0. The van der Waals surface area contributed by atoms with Crippen molar-refractivity contribution in [2.24, 2.45) is 5.73 Å². The summed E-state index contributed by atoms with van der Waals surface area (Å²) in [6, 6.07) is 6.14. The van der Waals surface area contributed by atoms with Crippen LogP contribution in [0, 0.1) is 5.82 Å². The van der Waals surface area contributed by atoms with E-state index in [-0.39, 0.29) is 18.0 Å². The Morgan fingerprint density at radius 3 is 2.42 bits per heavy atom. The molecule has 1 aliphatic rings. The minimum Gasteiger partial charge on any atom is -0.489 e. The monoisotopic (exact) mass is 167 g/mol. The molecule has 0 radical (unpaired) electrons. The predicted molar refractivity (Wildman–Crippen MR) is 43.4 cm³/mol. The second-order valence-corrected chi connectivity index (χ2v) is 3.01. The fraction of sp³-hybridized carbons (Fsp3) is 0.333. The van der Waals surface area contributed by atoms with Crippen molar-refractivity contribution in [3.63, 3.8) is 0 Å². The maximum atomic E-state index is 12.4. The highest BCUT2D eigenvalue weighted by Gasteiger charge is 2.35. The lowest BCUT2D eigenvalue weighted by Crippen LogP contribution is -2.10. The van der Waals surface area contributed by atoms with Gasteiger partial charge in [0, 0.05) is 12.5 Å². The van der Waals surface area contributed by atoms with Crippen molar-refractivity contribution >= 4 is 0 Å². The molecule has 2 nitrogen and oxygen atoms in total. The maximum absolute atomic E-state index is 12.4. The highest BCUT2D eigenvalue weighted by molar-refractivity contribution is 5.23. The number of halogens is 1. The van der Waals surface area contributed by atoms with Crippen molar-refractivity contribution in [1.82, 2.24) is 0 Å². The van der Waals surface area contributed by atoms with Crippen molar-refractivity contribution in [3.8, 4) is 5.75 Å². The summed E-state index contributed by atoms with van der Waals surface area (Å²) < 4.78 is 17.8. The third-order valence-corrected chi connectivity index (χ3v) is 1.88. The molecule has 1 aliphatic carbocycles. The lowest BCUT2D eigenvalue weighted by Gasteiger charge is -2.03. The van der Waals surface area contributed by atoms with Crippen molar-refractivity contribution < 1.29 is 9.13 Å². The van der Waals surface area contributed by atoms with E-state index in [2.05, 4.69) is 0 Å². The van der Waals surface area contributed by atoms with Gasteiger partial charge in [-0.25, -0.2) is 4.39 Å². The second kappa shape index (κ2) is 2.75. The second-order valence-electron chi connectivity index (χ2n) is 3.01. The van der Waals surface area contributed by atoms with Gasteiger partial charge in [0.25, 0.3) is 0 Å². The molecule has 1 fully saturated rings. The molecule has 0 spiro atoms. The quantitative estimate of drug-likeness (QED) is 0.720. The van der Waals surface area contributed by atoms with Gasteiger partial charge in [-0.15, -0.1) is 0 Å². The lowest BCUT2D eigenvalue weighted by molar-refractivity contribution is 0.296. The molecule has 1 saturated carbocycles. The van der Waals surface area contributed by atoms with E-state index >= 15 is 0 Å². The number of hydrogen-bond acceptors (Lipinski definition) is 2. The van der Waals surface area contributed by atoms with Gasteiger partial charge in [0.05, 0.1) is 0 Å². The summed E-state index contributed by atoms with van der Waals surface area (Å²) in [7, 11) is 0. The zero-order chi connectivity index (χ0) is 8.55. The third kappa shape index (κ3) is 1.56. The van der Waals surface area contributed by atoms with Crippen LogP contribution in [0.15, 0.2) is 24.3 Å². The Morgan fingerprint density at radius 2 is 1.92 bits per heavy atom. The third-order valence-electron chi connectivity index (χ3n) is 1.88. The highest BCUT2D eigenvalue weighted by atomic mass is 19.1. The Bertz CT molecular complexity index is 272. The lowest BCUT2D eigenvalue weighted by atomic mass is 10.3. The topological polar surface area (TPSA) is 35.2 Å². The predicted octanol–water partition coefficient (Wildman–Crippen LogP) is 1.30. The molecule has 0 aromatic heterocycles. The van der Waals surface area contributed by atoms with Gasteiger partial charge in [0.1, 0.15) is 17.7 Å². The van der Waals surface area contributed by atoms with Gasteiger partial charge in [-0.2, -0.15) is 0 Å². The molecule has 2 N–H and O–H groups in total. The van der Waals surface area contributed by atoms with Crippen LogP contribution in [-0.4, -0.2) is 12.1 Å². The van der Waals surface area contributed by atoms with Crippen LogP contribution in [-0.2, 0) is 0 Å². The molecule has 1 aromatic carbocycles. The average Bonchev–Trinajstić information content (AvgIpc) is 2.72. The van der Waals surface area contributed by atoms with Crippen molar-refractivity contribution in [2.45, 2.75) is 18.6 Å². The molecule has 3 heteroatoms. The minimum atomic E-state index is -0.248. The molecular formula is C9H10FNO. The van der Waals surface area contributed by atoms with Gasteiger partial charge in [0.2, 0.25) is 0 Å². The SMILES string of the molecule is NC1CC1Oc1ccc(F)cc1. The maximum Gasteiger partial charge on any atom is 0.123 e. The smallest absolute Gasteiger partial charge is 0.123 e. The molecule has 0 bridgehead atoms. The van der Waals surface area contributed by atoms with Crippen LogP contribution in [0.1, 0.15) is 6.42 Å². The van der Waals surface area contributed by atoms with Crippen molar-refractivity contribution in [2.75, 3.05) is 0 Å². The van der Waals surface area contributed by atoms with Crippen LogP contribution in [0.5, 0.6) is 5.75 Å². The zero-order valence-corrected chi connectivity index (χ0v) is 6.53. The number of nitrogens with two attached hydrogens (primary N) is 1. The average molecular weight is 167 g/mol. The van der Waals surface area contributed by atoms with Crippen LogP contribution in [0.3, 0.4) is 0 Å². The molecule has 0 aliphatic heterocycles. The van der Waals surface area contributed by atoms with E-state index in [0.29, 0.717) is 5.75 Å². The molecule has 1 aromatic rings. The number of ether oxygens (including phenoxy) is 1. The molecule has 2 unspecified atom stereocenters. The largest absolute Gasteiger partial charge is 0.489 e. The fourth-order valence-corrected chi connectivity index (χ4v) is 1.01. The van der Waals surface area contributed by atoms with E-state index in [0.717, 1.165) is 6.42 Å². The summed E-state index contributed by atoms with van der Waals surface area (Å²) in [6.07, 6.45) is 1.03. The molecule has 0 amide bonds. The van der Waals surface area contributed by atoms with Gasteiger partial charge in [-0.1, -0.05) is 0 Å². The van der Waals surface area contributed by atoms with E-state index in [1.54, 1.807) is 12.1 Å². The first-order valence-electron chi connectivity index (χ1n) is 3.93. The summed E-state index contributed by atoms with van der Waals surface area (Å²) in [6.45, 7) is 0. The van der Waals surface area contributed by atoms with Gasteiger partial charge in [-0.05, 0) is 24.3 Å². The van der Waals surface area contributed by atoms with E-state index in [1.807, 2.05) is 0 Å². The number of benzene rings is 1. The normalized spacial score (nSPS) is 26.8. The molecule has 2 rings (SSSR count). The summed E-state index contributed by atoms with van der Waals surface area (Å²) in [5.41, 5.74) is 5.55. The highest BCUT2D eigenvalue weighted by Crippen LogP contribution is 2.25. The Labute approximate surface area is 70.1 Å². The summed E-state index contributed by atoms with van der Waals surface area (Å²) in [4.78, 5) is 0. The summed E-state index contributed by atoms with van der Waals surface area (Å²) in [5.74, 6) is 0.441. The fourth-order valence-electron chi connectivity index (χ4n) is 1.01. The van der Waals surface area contributed by atoms with Crippen LogP contribution in [0.2, 0.25) is 0 Å². The van der Waals surface area contributed by atoms with E-state index in [4.69, 9.17) is 10.5 Å². The first kappa shape index (κ1) is 7.55. The molecule has 0 saturated heterocycles.